The molecule has 0 aromatic heterocycles. The Morgan fingerprint density at radius 3 is 2.44 bits per heavy atom. The molecule has 32 heavy (non-hydrogen) atoms. The minimum atomic E-state index is -0.946. The molecule has 0 spiro atoms. The van der Waals surface area contributed by atoms with Gasteiger partial charge in [-0.2, -0.15) is 0 Å². The van der Waals surface area contributed by atoms with Crippen LogP contribution in [0.2, 0.25) is 0 Å². The largest absolute Gasteiger partial charge is 0.507 e. The predicted molar refractivity (Wildman–Crippen MR) is 122 cm³/mol. The molecule has 1 fully saturated rings. The van der Waals surface area contributed by atoms with Gasteiger partial charge in [0, 0.05) is 5.56 Å². The SMILES string of the molecule is COc1cccc(C2/C(=C(\O)c3cc(C)ccc3C)C(=O)C(=O)N2c2ccccc2O)c1. The molecule has 4 rings (SSSR count). The molecule has 162 valence electrons. The van der Waals surface area contributed by atoms with Gasteiger partial charge in [0.25, 0.3) is 11.7 Å². The number of aliphatic hydroxyl groups is 1. The molecular weight excluding hydrogens is 406 g/mol. The molecule has 6 heteroatoms. The van der Waals surface area contributed by atoms with Gasteiger partial charge >= 0.3 is 0 Å². The fourth-order valence-corrected chi connectivity index (χ4v) is 4.01. The lowest BCUT2D eigenvalue weighted by atomic mass is 9.93. The van der Waals surface area contributed by atoms with Crippen molar-refractivity contribution in [3.63, 3.8) is 0 Å². The Labute approximate surface area is 186 Å². The van der Waals surface area contributed by atoms with Gasteiger partial charge in [0.2, 0.25) is 0 Å². The molecule has 0 aliphatic carbocycles. The molecule has 6 nitrogen and oxygen atoms in total. The maximum absolute atomic E-state index is 13.2. The van der Waals surface area contributed by atoms with Gasteiger partial charge in [0.15, 0.2) is 0 Å². The quantitative estimate of drug-likeness (QED) is 0.358. The third-order valence-corrected chi connectivity index (χ3v) is 5.64. The van der Waals surface area contributed by atoms with Crippen LogP contribution in [-0.2, 0) is 9.59 Å². The monoisotopic (exact) mass is 429 g/mol. The Kier molecular flexibility index (Phi) is 5.45. The normalized spacial score (nSPS) is 17.6. The highest BCUT2D eigenvalue weighted by molar-refractivity contribution is 6.52. The third kappa shape index (κ3) is 3.50. The number of carbonyl (C=O) groups excluding carboxylic acids is 2. The van der Waals surface area contributed by atoms with E-state index in [1.54, 1.807) is 48.5 Å². The number of carbonyl (C=O) groups is 2. The highest BCUT2D eigenvalue weighted by Crippen LogP contribution is 2.45. The van der Waals surface area contributed by atoms with Gasteiger partial charge in [-0.1, -0.05) is 42.0 Å². The number of nitrogens with zero attached hydrogens (tertiary/aromatic N) is 1. The van der Waals surface area contributed by atoms with Crippen LogP contribution in [0.4, 0.5) is 5.69 Å². The van der Waals surface area contributed by atoms with Crippen molar-refractivity contribution in [1.29, 1.82) is 0 Å². The molecule has 1 aliphatic rings. The van der Waals surface area contributed by atoms with Crippen LogP contribution < -0.4 is 9.64 Å². The summed E-state index contributed by atoms with van der Waals surface area (Å²) in [5.74, 6) is -1.51. The van der Waals surface area contributed by atoms with Crippen molar-refractivity contribution in [2.45, 2.75) is 19.9 Å². The van der Waals surface area contributed by atoms with Gasteiger partial charge in [-0.25, -0.2) is 0 Å². The van der Waals surface area contributed by atoms with Crippen molar-refractivity contribution in [1.82, 2.24) is 0 Å². The second-order valence-corrected chi connectivity index (χ2v) is 7.75. The molecule has 1 aliphatic heterocycles. The van der Waals surface area contributed by atoms with E-state index in [0.29, 0.717) is 16.9 Å². The zero-order valence-corrected chi connectivity index (χ0v) is 18.0. The summed E-state index contributed by atoms with van der Waals surface area (Å²) < 4.78 is 5.33. The van der Waals surface area contributed by atoms with Crippen molar-refractivity contribution < 1.29 is 24.5 Å². The smallest absolute Gasteiger partial charge is 0.300 e. The number of anilines is 1. The minimum Gasteiger partial charge on any atom is -0.507 e. The summed E-state index contributed by atoms with van der Waals surface area (Å²) >= 11 is 0. The standard InChI is InChI=1S/C26H23NO5/c1-15-11-12-16(2)19(13-15)24(29)22-23(17-7-6-8-18(14-17)32-3)27(26(31)25(22)30)20-9-4-5-10-21(20)28/h4-14,23,28-29H,1-3H3/b24-22+. The maximum Gasteiger partial charge on any atom is 0.300 e. The van der Waals surface area contributed by atoms with Gasteiger partial charge < -0.3 is 14.9 Å². The van der Waals surface area contributed by atoms with E-state index in [0.717, 1.165) is 11.1 Å². The molecule has 3 aromatic rings. The molecule has 2 N–H and O–H groups in total. The van der Waals surface area contributed by atoms with Gasteiger partial charge in [0.1, 0.15) is 17.3 Å². The van der Waals surface area contributed by atoms with Crippen LogP contribution in [0.5, 0.6) is 11.5 Å². The van der Waals surface area contributed by atoms with Crippen molar-refractivity contribution in [2.24, 2.45) is 0 Å². The van der Waals surface area contributed by atoms with Gasteiger partial charge in [0.05, 0.1) is 24.4 Å². The summed E-state index contributed by atoms with van der Waals surface area (Å²) in [6, 6.07) is 17.9. The van der Waals surface area contributed by atoms with Crippen LogP contribution in [0.3, 0.4) is 0 Å². The number of phenolic OH excluding ortho intramolecular Hbond substituents is 1. The van der Waals surface area contributed by atoms with E-state index in [4.69, 9.17) is 4.74 Å². The van der Waals surface area contributed by atoms with Crippen molar-refractivity contribution >= 4 is 23.1 Å². The first kappa shape index (κ1) is 21.2. The molecule has 1 heterocycles. The topological polar surface area (TPSA) is 87.1 Å². The van der Waals surface area contributed by atoms with Crippen LogP contribution in [0, 0.1) is 13.8 Å². The van der Waals surface area contributed by atoms with Crippen molar-refractivity contribution in [3.8, 4) is 11.5 Å². The van der Waals surface area contributed by atoms with Crippen LogP contribution >= 0.6 is 0 Å². The molecule has 1 amide bonds. The van der Waals surface area contributed by atoms with Crippen molar-refractivity contribution in [2.75, 3.05) is 12.0 Å². The number of para-hydroxylation sites is 2. The average molecular weight is 429 g/mol. The molecule has 0 saturated carbocycles. The number of hydrogen-bond donors (Lipinski definition) is 2. The lowest BCUT2D eigenvalue weighted by molar-refractivity contribution is -0.132. The Morgan fingerprint density at radius 2 is 1.72 bits per heavy atom. The Bertz CT molecular complexity index is 1260. The average Bonchev–Trinajstić information content (AvgIpc) is 3.06. The fraction of sp³-hybridized carbons (Fsp3) is 0.154. The number of hydrogen-bond acceptors (Lipinski definition) is 5. The predicted octanol–water partition coefficient (Wildman–Crippen LogP) is 4.64. The number of aliphatic hydroxyl groups excluding tert-OH is 1. The van der Waals surface area contributed by atoms with Crippen molar-refractivity contribution in [3.05, 3.63) is 94.6 Å². The van der Waals surface area contributed by atoms with Crippen LogP contribution in [0.25, 0.3) is 5.76 Å². The first-order valence-electron chi connectivity index (χ1n) is 10.1. The first-order valence-corrected chi connectivity index (χ1v) is 10.1. The molecule has 0 bridgehead atoms. The van der Waals surface area contributed by atoms with E-state index in [1.807, 2.05) is 26.0 Å². The highest BCUT2D eigenvalue weighted by atomic mass is 16.5. The van der Waals surface area contributed by atoms with Crippen LogP contribution in [0.15, 0.2) is 72.3 Å². The Morgan fingerprint density at radius 1 is 0.969 bits per heavy atom. The summed E-state index contributed by atoms with van der Waals surface area (Å²) in [7, 11) is 1.52. The number of ketones is 1. The first-order chi connectivity index (χ1) is 15.3. The second kappa shape index (κ2) is 8.23. The summed E-state index contributed by atoms with van der Waals surface area (Å²) in [6.07, 6.45) is 0. The molecule has 0 radical (unpaired) electrons. The van der Waals surface area contributed by atoms with Crippen LogP contribution in [0.1, 0.15) is 28.3 Å². The van der Waals surface area contributed by atoms with Crippen LogP contribution in [-0.4, -0.2) is 29.0 Å². The fourth-order valence-electron chi connectivity index (χ4n) is 4.01. The van der Waals surface area contributed by atoms with E-state index in [2.05, 4.69) is 0 Å². The van der Waals surface area contributed by atoms with Gasteiger partial charge in [-0.05, 0) is 55.3 Å². The van der Waals surface area contributed by atoms with E-state index in [1.165, 1.54) is 18.1 Å². The maximum atomic E-state index is 13.2. The number of benzene rings is 3. The third-order valence-electron chi connectivity index (χ3n) is 5.64. The number of aryl methyl sites for hydroxylation is 2. The Balaban J connectivity index is 2.01. The highest BCUT2D eigenvalue weighted by Gasteiger charge is 2.47. The summed E-state index contributed by atoms with van der Waals surface area (Å²) in [5, 5.41) is 21.7. The molecule has 1 unspecified atom stereocenters. The van der Waals surface area contributed by atoms with Gasteiger partial charge in [-0.3, -0.25) is 14.5 Å². The summed E-state index contributed by atoms with van der Waals surface area (Å²) in [5.41, 5.74) is 2.87. The minimum absolute atomic E-state index is 0.0415. The zero-order valence-electron chi connectivity index (χ0n) is 18.0. The lowest BCUT2D eigenvalue weighted by Gasteiger charge is -2.26. The number of amides is 1. The van der Waals surface area contributed by atoms with E-state index < -0.39 is 17.7 Å². The second-order valence-electron chi connectivity index (χ2n) is 7.75. The number of phenols is 1. The van der Waals surface area contributed by atoms with E-state index in [-0.39, 0.29) is 22.8 Å². The molecule has 3 aromatic carbocycles. The number of aromatic hydroxyl groups is 1. The van der Waals surface area contributed by atoms with E-state index >= 15 is 0 Å². The number of Topliss-reactive ketones (excluding diaryl/α,β-unsaturated/α-hetero) is 1. The summed E-state index contributed by atoms with van der Waals surface area (Å²) in [4.78, 5) is 27.6. The Hall–Kier alpha value is -4.06. The number of methoxy groups -OCH3 is 1. The van der Waals surface area contributed by atoms with E-state index in [9.17, 15) is 19.8 Å². The lowest BCUT2D eigenvalue weighted by Crippen LogP contribution is -2.29. The molecule has 1 saturated heterocycles. The number of ether oxygens (including phenoxy) is 1. The zero-order chi connectivity index (χ0) is 23.0. The van der Waals surface area contributed by atoms with Gasteiger partial charge in [-0.15, -0.1) is 0 Å². The molecular formula is C26H23NO5. The molecule has 1 atom stereocenters. The number of rotatable bonds is 4. The summed E-state index contributed by atoms with van der Waals surface area (Å²) in [6.45, 7) is 3.71.